The van der Waals surface area contributed by atoms with Gasteiger partial charge < -0.3 is 0 Å². The van der Waals surface area contributed by atoms with Crippen LogP contribution in [0.25, 0.3) is 0 Å². The molecule has 1 nitrogen and oxygen atoms in total. The van der Waals surface area contributed by atoms with Crippen LogP contribution in [0, 0.1) is 23.2 Å². The van der Waals surface area contributed by atoms with Crippen LogP contribution < -0.4 is 0 Å². The second-order valence-corrected chi connectivity index (χ2v) is 8.45. The van der Waals surface area contributed by atoms with Gasteiger partial charge >= 0.3 is 0 Å². The van der Waals surface area contributed by atoms with E-state index in [4.69, 9.17) is 0 Å². The van der Waals surface area contributed by atoms with Crippen LogP contribution in [0.15, 0.2) is 27.8 Å². The molecule has 0 radical (unpaired) electrons. The van der Waals surface area contributed by atoms with Gasteiger partial charge in [-0.15, -0.1) is 0 Å². The van der Waals surface area contributed by atoms with E-state index >= 15 is 0 Å². The fraction of sp³-hybridized carbons (Fsp3) is 0.750. The summed E-state index contributed by atoms with van der Waals surface area (Å²) in [5, 5.41) is 0. The van der Waals surface area contributed by atoms with Crippen LogP contribution in [-0.4, -0.2) is 12.3 Å². The van der Waals surface area contributed by atoms with E-state index in [1.165, 1.54) is 51.4 Å². The first-order valence-corrected chi connectivity index (χ1v) is 9.20. The highest BCUT2D eigenvalue weighted by atomic mass is 14.8. The molecule has 0 N–H and O–H groups in total. The number of hydrogen-bond donors (Lipinski definition) is 0. The zero-order valence-electron chi connectivity index (χ0n) is 13.3. The van der Waals surface area contributed by atoms with Gasteiger partial charge in [-0.2, -0.15) is 0 Å². The van der Waals surface area contributed by atoms with Gasteiger partial charge in [-0.1, -0.05) is 19.4 Å². The lowest BCUT2D eigenvalue weighted by Crippen LogP contribution is -2.41. The molecule has 0 amide bonds. The molecule has 0 aromatic rings. The van der Waals surface area contributed by atoms with Crippen molar-refractivity contribution in [1.82, 2.24) is 0 Å². The Morgan fingerprint density at radius 3 is 3.10 bits per heavy atom. The molecule has 1 heteroatoms. The van der Waals surface area contributed by atoms with E-state index < -0.39 is 0 Å². The maximum atomic E-state index is 4.69. The van der Waals surface area contributed by atoms with Crippen molar-refractivity contribution < 1.29 is 0 Å². The summed E-state index contributed by atoms with van der Waals surface area (Å²) >= 11 is 0. The van der Waals surface area contributed by atoms with Crippen LogP contribution >= 0.6 is 0 Å². The molecule has 5 aliphatic rings. The topological polar surface area (TPSA) is 12.4 Å². The molecule has 0 aromatic carbocycles. The van der Waals surface area contributed by atoms with Crippen molar-refractivity contribution in [3.8, 4) is 0 Å². The van der Waals surface area contributed by atoms with E-state index in [9.17, 15) is 0 Å². The SMILES string of the molecule is C[C@@]12CCCC1C1CCC3=C4CC=NC4CC=C3C1CC2. The Labute approximate surface area is 128 Å². The highest BCUT2D eigenvalue weighted by Gasteiger charge is 2.51. The molecule has 3 fully saturated rings. The molecule has 3 saturated carbocycles. The predicted octanol–water partition coefficient (Wildman–Crippen LogP) is 5.08. The molecule has 0 saturated heterocycles. The number of rotatable bonds is 0. The molecule has 0 bridgehead atoms. The number of aliphatic imine (C=N–C) groups is 1. The average Bonchev–Trinajstić information content (AvgIpc) is 3.11. The number of fused-ring (bicyclic) bond motifs is 6. The highest BCUT2D eigenvalue weighted by molar-refractivity contribution is 5.69. The van der Waals surface area contributed by atoms with E-state index in [0.29, 0.717) is 11.5 Å². The summed E-state index contributed by atoms with van der Waals surface area (Å²) < 4.78 is 0. The summed E-state index contributed by atoms with van der Waals surface area (Å²) in [6, 6.07) is 0.528. The smallest absolute Gasteiger partial charge is 0.0749 e. The third-order valence-corrected chi connectivity index (χ3v) is 7.64. The largest absolute Gasteiger partial charge is 0.289 e. The van der Waals surface area contributed by atoms with Crippen molar-refractivity contribution in [3.63, 3.8) is 0 Å². The normalized spacial score (nSPS) is 47.6. The minimum atomic E-state index is 0.528. The monoisotopic (exact) mass is 281 g/mol. The van der Waals surface area contributed by atoms with Gasteiger partial charge in [-0.05, 0) is 84.8 Å². The van der Waals surface area contributed by atoms with Crippen LogP contribution in [0.3, 0.4) is 0 Å². The van der Waals surface area contributed by atoms with Gasteiger partial charge in [0.05, 0.1) is 6.04 Å². The van der Waals surface area contributed by atoms with E-state index in [1.807, 2.05) is 0 Å². The third kappa shape index (κ3) is 1.67. The van der Waals surface area contributed by atoms with Gasteiger partial charge in [0.15, 0.2) is 0 Å². The van der Waals surface area contributed by atoms with Crippen molar-refractivity contribution in [2.75, 3.05) is 0 Å². The summed E-state index contributed by atoms with van der Waals surface area (Å²) in [5.41, 5.74) is 5.94. The zero-order chi connectivity index (χ0) is 14.0. The molecule has 0 spiro atoms. The standard InChI is InChI=1S/C20H27N/c1-20-10-2-3-18(20)16-5-4-14-13(15(16)8-11-20)6-7-19-17(14)9-12-21-19/h6,12,15-16,18-19H,2-5,7-11H2,1H3/t15?,16?,18?,19?,20-/m0/s1. The number of hydrogen-bond acceptors (Lipinski definition) is 1. The fourth-order valence-electron chi connectivity index (χ4n) is 6.64. The molecule has 0 aromatic heterocycles. The van der Waals surface area contributed by atoms with Gasteiger partial charge in [-0.25, -0.2) is 0 Å². The van der Waals surface area contributed by atoms with Gasteiger partial charge in [0, 0.05) is 12.6 Å². The second-order valence-electron chi connectivity index (χ2n) is 8.45. The fourth-order valence-corrected chi connectivity index (χ4v) is 6.64. The Kier molecular flexibility index (Phi) is 2.62. The molecule has 21 heavy (non-hydrogen) atoms. The Morgan fingerprint density at radius 1 is 1.19 bits per heavy atom. The molecule has 1 heterocycles. The average molecular weight is 281 g/mol. The summed E-state index contributed by atoms with van der Waals surface area (Å²) in [6.45, 7) is 2.60. The molecular weight excluding hydrogens is 254 g/mol. The first kappa shape index (κ1) is 12.7. The van der Waals surface area contributed by atoms with Crippen LogP contribution in [0.1, 0.15) is 64.7 Å². The van der Waals surface area contributed by atoms with Gasteiger partial charge in [-0.3, -0.25) is 4.99 Å². The number of allylic oxidation sites excluding steroid dienone is 2. The van der Waals surface area contributed by atoms with Crippen LogP contribution in [0.4, 0.5) is 0 Å². The molecule has 112 valence electrons. The van der Waals surface area contributed by atoms with Crippen molar-refractivity contribution in [3.05, 3.63) is 22.8 Å². The highest BCUT2D eigenvalue weighted by Crippen LogP contribution is 2.61. The van der Waals surface area contributed by atoms with E-state index in [1.54, 1.807) is 16.7 Å². The first-order valence-electron chi connectivity index (χ1n) is 9.20. The summed E-state index contributed by atoms with van der Waals surface area (Å²) in [7, 11) is 0. The second kappa shape index (κ2) is 4.33. The lowest BCUT2D eigenvalue weighted by atomic mass is 9.54. The van der Waals surface area contributed by atoms with E-state index in [2.05, 4.69) is 24.2 Å². The molecule has 5 rings (SSSR count). The lowest BCUT2D eigenvalue weighted by molar-refractivity contribution is 0.0434. The van der Waals surface area contributed by atoms with Crippen LogP contribution in [0.2, 0.25) is 0 Å². The van der Waals surface area contributed by atoms with Crippen LogP contribution in [-0.2, 0) is 0 Å². The Hall–Kier alpha value is -0.850. The Balaban J connectivity index is 1.51. The predicted molar refractivity (Wildman–Crippen MR) is 87.5 cm³/mol. The van der Waals surface area contributed by atoms with E-state index in [-0.39, 0.29) is 0 Å². The van der Waals surface area contributed by atoms with Crippen molar-refractivity contribution in [1.29, 1.82) is 0 Å². The first-order chi connectivity index (χ1) is 10.3. The zero-order valence-corrected chi connectivity index (χ0v) is 13.3. The minimum Gasteiger partial charge on any atom is -0.289 e. The van der Waals surface area contributed by atoms with Crippen molar-refractivity contribution in [2.45, 2.75) is 70.8 Å². The van der Waals surface area contributed by atoms with E-state index in [0.717, 1.165) is 24.2 Å². The quantitative estimate of drug-likeness (QED) is 0.587. The Morgan fingerprint density at radius 2 is 2.14 bits per heavy atom. The molecule has 4 unspecified atom stereocenters. The lowest BCUT2D eigenvalue weighted by Gasteiger charge is -2.51. The number of nitrogens with zero attached hydrogens (tertiary/aromatic N) is 1. The van der Waals surface area contributed by atoms with Gasteiger partial charge in [0.1, 0.15) is 0 Å². The van der Waals surface area contributed by atoms with Gasteiger partial charge in [0.25, 0.3) is 0 Å². The molecular formula is C20H27N. The Bertz CT molecular complexity index is 566. The molecule has 4 aliphatic carbocycles. The summed E-state index contributed by atoms with van der Waals surface area (Å²) in [4.78, 5) is 4.69. The van der Waals surface area contributed by atoms with Gasteiger partial charge in [0.2, 0.25) is 0 Å². The summed E-state index contributed by atoms with van der Waals surface area (Å²) in [5.74, 6) is 2.93. The summed E-state index contributed by atoms with van der Waals surface area (Å²) in [6.07, 6.45) is 17.4. The minimum absolute atomic E-state index is 0.528. The van der Waals surface area contributed by atoms with Crippen molar-refractivity contribution in [2.24, 2.45) is 28.2 Å². The maximum Gasteiger partial charge on any atom is 0.0749 e. The molecule has 1 aliphatic heterocycles. The van der Waals surface area contributed by atoms with Crippen molar-refractivity contribution >= 4 is 6.21 Å². The maximum absolute atomic E-state index is 4.69. The molecule has 5 atom stereocenters. The third-order valence-electron chi connectivity index (χ3n) is 7.64. The van der Waals surface area contributed by atoms with Crippen LogP contribution in [0.5, 0.6) is 0 Å².